The lowest BCUT2D eigenvalue weighted by molar-refractivity contribution is 1.11. The van der Waals surface area contributed by atoms with E-state index in [-0.39, 0.29) is 5.38 Å². The van der Waals surface area contributed by atoms with E-state index in [1.165, 1.54) is 0 Å². The van der Waals surface area contributed by atoms with Crippen LogP contribution in [0.4, 0.5) is 0 Å². The van der Waals surface area contributed by atoms with Gasteiger partial charge in [0.2, 0.25) is 0 Å². The first-order chi connectivity index (χ1) is 5.25. The second-order valence-corrected chi connectivity index (χ2v) is 3.72. The first kappa shape index (κ1) is 9.37. The first-order valence-electron chi connectivity index (χ1n) is 3.20. The van der Waals surface area contributed by atoms with E-state index in [0.29, 0.717) is 0 Å². The molecule has 60 valence electrons. The van der Waals surface area contributed by atoms with Crippen LogP contribution in [0.3, 0.4) is 0 Å². The minimum atomic E-state index is -0.0382. The van der Waals surface area contributed by atoms with E-state index < -0.39 is 0 Å². The van der Waals surface area contributed by atoms with Crippen molar-refractivity contribution in [1.29, 1.82) is 0 Å². The smallest absolute Gasteiger partial charge is 0.0696 e. The molecule has 1 rings (SSSR count). The lowest BCUT2D eigenvalue weighted by atomic mass is 10.2. The zero-order valence-electron chi connectivity index (χ0n) is 5.73. The van der Waals surface area contributed by atoms with Gasteiger partial charge < -0.3 is 0 Å². The molecule has 0 saturated carbocycles. The Hall–Kier alpha value is 0.280. The van der Waals surface area contributed by atoms with Gasteiger partial charge in [0.25, 0.3) is 0 Å². The zero-order valence-corrected chi connectivity index (χ0v) is 8.83. The van der Waals surface area contributed by atoms with Gasteiger partial charge in [-0.15, -0.1) is 11.6 Å². The van der Waals surface area contributed by atoms with Crippen molar-refractivity contribution in [2.24, 2.45) is 0 Å². The van der Waals surface area contributed by atoms with Gasteiger partial charge in [-0.3, -0.25) is 0 Å². The maximum absolute atomic E-state index is 5.96. The average Bonchev–Trinajstić information content (AvgIpc) is 2.04. The molecule has 1 aromatic rings. The summed E-state index contributed by atoms with van der Waals surface area (Å²) in [5.74, 6) is 0. The zero-order chi connectivity index (χ0) is 8.27. The fraction of sp³-hybridized carbons (Fsp3) is 0.250. The van der Waals surface area contributed by atoms with Crippen molar-refractivity contribution in [3.05, 3.63) is 34.9 Å². The monoisotopic (exact) mass is 252 g/mol. The summed E-state index contributed by atoms with van der Waals surface area (Å²) in [6.07, 6.45) is 0. The molecule has 0 aliphatic rings. The number of hydrogen-bond donors (Lipinski definition) is 0. The highest BCUT2D eigenvalue weighted by molar-refractivity contribution is 9.09. The van der Waals surface area contributed by atoms with Crippen molar-refractivity contribution in [3.8, 4) is 0 Å². The van der Waals surface area contributed by atoms with Gasteiger partial charge in [0.05, 0.1) is 5.38 Å². The highest BCUT2D eigenvalue weighted by Gasteiger charge is 2.08. The highest BCUT2D eigenvalue weighted by Crippen LogP contribution is 2.28. The van der Waals surface area contributed by atoms with Crippen LogP contribution in [0.15, 0.2) is 24.3 Å². The van der Waals surface area contributed by atoms with E-state index in [1.54, 1.807) is 0 Å². The van der Waals surface area contributed by atoms with Gasteiger partial charge in [-0.1, -0.05) is 45.7 Å². The minimum Gasteiger partial charge on any atom is -0.117 e. The van der Waals surface area contributed by atoms with E-state index >= 15 is 0 Å². The molecule has 0 aliphatic heterocycles. The number of hydrogen-bond acceptors (Lipinski definition) is 0. The van der Waals surface area contributed by atoms with Crippen LogP contribution in [-0.2, 0) is 0 Å². The molecular weight excluding hydrogens is 247 g/mol. The van der Waals surface area contributed by atoms with Crippen molar-refractivity contribution in [3.63, 3.8) is 0 Å². The van der Waals surface area contributed by atoms with E-state index in [2.05, 4.69) is 15.9 Å². The molecule has 0 heterocycles. The molecule has 3 heteroatoms. The molecule has 1 atom stereocenters. The van der Waals surface area contributed by atoms with Gasteiger partial charge in [0.1, 0.15) is 0 Å². The topological polar surface area (TPSA) is 0 Å². The van der Waals surface area contributed by atoms with Crippen molar-refractivity contribution in [2.75, 3.05) is 5.33 Å². The third kappa shape index (κ3) is 2.36. The van der Waals surface area contributed by atoms with Gasteiger partial charge in [0.15, 0.2) is 0 Å². The summed E-state index contributed by atoms with van der Waals surface area (Å²) in [4.78, 5) is 0. The maximum atomic E-state index is 5.96. The van der Waals surface area contributed by atoms with Gasteiger partial charge >= 0.3 is 0 Å². The molecule has 0 N–H and O–H groups in total. The molecule has 0 nitrogen and oxygen atoms in total. The molecule has 11 heavy (non-hydrogen) atoms. The summed E-state index contributed by atoms with van der Waals surface area (Å²) in [6.45, 7) is 0. The number of benzene rings is 1. The highest BCUT2D eigenvalue weighted by atomic mass is 79.9. The van der Waals surface area contributed by atoms with Crippen LogP contribution in [0.5, 0.6) is 0 Å². The summed E-state index contributed by atoms with van der Waals surface area (Å²) < 4.78 is 0. The summed E-state index contributed by atoms with van der Waals surface area (Å²) in [7, 11) is 0. The third-order valence-electron chi connectivity index (χ3n) is 1.38. The van der Waals surface area contributed by atoms with Crippen LogP contribution in [0, 0.1) is 0 Å². The molecule has 0 radical (unpaired) electrons. The van der Waals surface area contributed by atoms with E-state index in [9.17, 15) is 0 Å². The Balaban J connectivity index is 2.93. The summed E-state index contributed by atoms with van der Waals surface area (Å²) >= 11 is 15.2. The standard InChI is InChI=1S/C8H7BrCl2/c9-5-8(11)6-3-1-2-4-7(6)10/h1-4,8H,5H2. The Bertz CT molecular complexity index is 237. The van der Waals surface area contributed by atoms with Crippen LogP contribution in [0.25, 0.3) is 0 Å². The largest absolute Gasteiger partial charge is 0.117 e. The second-order valence-electron chi connectivity index (χ2n) is 2.14. The Kier molecular flexibility index (Phi) is 3.70. The lowest BCUT2D eigenvalue weighted by Crippen LogP contribution is -1.91. The molecule has 0 amide bonds. The number of rotatable bonds is 2. The molecule has 0 bridgehead atoms. The summed E-state index contributed by atoms with van der Waals surface area (Å²) in [5.41, 5.74) is 0.979. The van der Waals surface area contributed by atoms with E-state index in [4.69, 9.17) is 23.2 Å². The lowest BCUT2D eigenvalue weighted by Gasteiger charge is -2.06. The predicted octanol–water partition coefficient (Wildman–Crippen LogP) is 4.01. The molecule has 0 aliphatic carbocycles. The van der Waals surface area contributed by atoms with Crippen molar-refractivity contribution >= 4 is 39.1 Å². The van der Waals surface area contributed by atoms with Gasteiger partial charge in [-0.05, 0) is 11.6 Å². The van der Waals surface area contributed by atoms with E-state index in [0.717, 1.165) is 15.9 Å². The van der Waals surface area contributed by atoms with Crippen molar-refractivity contribution < 1.29 is 0 Å². The average molecular weight is 254 g/mol. The Morgan fingerprint density at radius 2 is 2.00 bits per heavy atom. The Morgan fingerprint density at radius 1 is 1.36 bits per heavy atom. The van der Waals surface area contributed by atoms with Gasteiger partial charge in [-0.25, -0.2) is 0 Å². The molecular formula is C8H7BrCl2. The molecule has 1 unspecified atom stereocenters. The van der Waals surface area contributed by atoms with Crippen LogP contribution >= 0.6 is 39.1 Å². The molecule has 0 saturated heterocycles. The first-order valence-corrected chi connectivity index (χ1v) is 5.13. The number of alkyl halides is 2. The molecule has 0 spiro atoms. The second kappa shape index (κ2) is 4.34. The summed E-state index contributed by atoms with van der Waals surface area (Å²) in [6, 6.07) is 7.60. The quantitative estimate of drug-likeness (QED) is 0.699. The van der Waals surface area contributed by atoms with Gasteiger partial charge in [-0.2, -0.15) is 0 Å². The van der Waals surface area contributed by atoms with Crippen LogP contribution in [0.1, 0.15) is 10.9 Å². The number of halogens is 3. The normalized spacial score (nSPS) is 13.0. The van der Waals surface area contributed by atoms with Crippen molar-refractivity contribution in [1.82, 2.24) is 0 Å². The van der Waals surface area contributed by atoms with Crippen LogP contribution in [0.2, 0.25) is 5.02 Å². The molecule has 0 fully saturated rings. The fourth-order valence-corrected chi connectivity index (χ4v) is 1.67. The summed E-state index contributed by atoms with van der Waals surface area (Å²) in [5, 5.41) is 1.41. The Labute approximate surface area is 84.6 Å². The van der Waals surface area contributed by atoms with Crippen molar-refractivity contribution in [2.45, 2.75) is 5.38 Å². The van der Waals surface area contributed by atoms with Gasteiger partial charge in [0, 0.05) is 10.4 Å². The fourth-order valence-electron chi connectivity index (χ4n) is 0.812. The molecule has 1 aromatic carbocycles. The predicted molar refractivity (Wildman–Crippen MR) is 53.8 cm³/mol. The van der Waals surface area contributed by atoms with Crippen LogP contribution in [-0.4, -0.2) is 5.33 Å². The maximum Gasteiger partial charge on any atom is 0.0696 e. The SMILES string of the molecule is Clc1ccccc1C(Cl)CBr. The Morgan fingerprint density at radius 3 is 2.55 bits per heavy atom. The van der Waals surface area contributed by atoms with Crippen LogP contribution < -0.4 is 0 Å². The molecule has 0 aromatic heterocycles. The minimum absolute atomic E-state index is 0.0382. The van der Waals surface area contributed by atoms with E-state index in [1.807, 2.05) is 24.3 Å². The third-order valence-corrected chi connectivity index (χ3v) is 3.13.